The van der Waals surface area contributed by atoms with Gasteiger partial charge in [-0.15, -0.1) is 0 Å². The molecular formula is C11H11BrO4. The van der Waals surface area contributed by atoms with Gasteiger partial charge in [0.15, 0.2) is 12.4 Å². The van der Waals surface area contributed by atoms with Crippen molar-refractivity contribution in [1.82, 2.24) is 0 Å². The Balaban J connectivity index is 1.97. The molecule has 0 bridgehead atoms. The van der Waals surface area contributed by atoms with Crippen molar-refractivity contribution < 1.29 is 19.4 Å². The van der Waals surface area contributed by atoms with E-state index in [1.165, 1.54) is 0 Å². The summed E-state index contributed by atoms with van der Waals surface area (Å²) < 4.78 is 11.5. The van der Waals surface area contributed by atoms with Crippen LogP contribution in [0.5, 0.6) is 0 Å². The molecule has 1 aliphatic rings. The summed E-state index contributed by atoms with van der Waals surface area (Å²) >= 11 is 3.42. The zero-order chi connectivity index (χ0) is 11.5. The van der Waals surface area contributed by atoms with E-state index in [1.54, 1.807) is 0 Å². The second kappa shape index (κ2) is 4.95. The van der Waals surface area contributed by atoms with Gasteiger partial charge in [0.25, 0.3) is 0 Å². The Kier molecular flexibility index (Phi) is 3.58. The van der Waals surface area contributed by atoms with Crippen LogP contribution in [0.1, 0.15) is 5.56 Å². The molecular weight excluding hydrogens is 276 g/mol. The number of carboxylic acids is 1. The minimum absolute atomic E-state index is 0.116. The SMILES string of the molecule is O=C(O)C1COC(Cc2ccccc2Br)O1. The smallest absolute Gasteiger partial charge is 0.335 e. The van der Waals surface area contributed by atoms with E-state index in [-0.39, 0.29) is 6.61 Å². The lowest BCUT2D eigenvalue weighted by molar-refractivity contribution is -0.150. The molecule has 0 saturated carbocycles. The van der Waals surface area contributed by atoms with Gasteiger partial charge in [0.1, 0.15) is 0 Å². The highest BCUT2D eigenvalue weighted by molar-refractivity contribution is 9.10. The fourth-order valence-corrected chi connectivity index (χ4v) is 1.98. The van der Waals surface area contributed by atoms with Crippen LogP contribution in [0.4, 0.5) is 0 Å². The van der Waals surface area contributed by atoms with E-state index >= 15 is 0 Å². The maximum absolute atomic E-state index is 10.7. The van der Waals surface area contributed by atoms with Gasteiger partial charge in [0.2, 0.25) is 0 Å². The summed E-state index contributed by atoms with van der Waals surface area (Å²) in [5.41, 5.74) is 1.04. The Labute approximate surface area is 101 Å². The summed E-state index contributed by atoms with van der Waals surface area (Å²) in [7, 11) is 0. The molecule has 1 fully saturated rings. The number of hydrogen-bond donors (Lipinski definition) is 1. The molecule has 0 aliphatic carbocycles. The third-order valence-corrected chi connectivity index (χ3v) is 3.14. The highest BCUT2D eigenvalue weighted by Gasteiger charge is 2.31. The average Bonchev–Trinajstić information content (AvgIpc) is 2.70. The quantitative estimate of drug-likeness (QED) is 0.921. The topological polar surface area (TPSA) is 55.8 Å². The zero-order valence-electron chi connectivity index (χ0n) is 8.43. The molecule has 0 amide bonds. The maximum Gasteiger partial charge on any atom is 0.335 e. The largest absolute Gasteiger partial charge is 0.479 e. The van der Waals surface area contributed by atoms with Gasteiger partial charge < -0.3 is 14.6 Å². The molecule has 4 nitrogen and oxygen atoms in total. The Morgan fingerprint density at radius 1 is 1.50 bits per heavy atom. The van der Waals surface area contributed by atoms with Crippen LogP contribution in [-0.4, -0.2) is 30.1 Å². The van der Waals surface area contributed by atoms with Crippen LogP contribution in [0.2, 0.25) is 0 Å². The van der Waals surface area contributed by atoms with Crippen molar-refractivity contribution in [2.24, 2.45) is 0 Å². The molecule has 16 heavy (non-hydrogen) atoms. The summed E-state index contributed by atoms with van der Waals surface area (Å²) in [5.74, 6) is -0.977. The highest BCUT2D eigenvalue weighted by atomic mass is 79.9. The first-order valence-electron chi connectivity index (χ1n) is 4.90. The molecule has 1 aromatic carbocycles. The second-order valence-electron chi connectivity index (χ2n) is 3.52. The monoisotopic (exact) mass is 286 g/mol. The van der Waals surface area contributed by atoms with Crippen molar-refractivity contribution in [2.45, 2.75) is 18.8 Å². The van der Waals surface area contributed by atoms with Gasteiger partial charge in [-0.2, -0.15) is 0 Å². The standard InChI is InChI=1S/C11H11BrO4/c12-8-4-2-1-3-7(8)5-10-15-6-9(16-10)11(13)14/h1-4,9-10H,5-6H2,(H,13,14). The van der Waals surface area contributed by atoms with Gasteiger partial charge in [0, 0.05) is 10.9 Å². The molecule has 0 radical (unpaired) electrons. The number of ether oxygens (including phenoxy) is 2. The van der Waals surface area contributed by atoms with Gasteiger partial charge in [0.05, 0.1) is 6.61 Å². The van der Waals surface area contributed by atoms with Crippen LogP contribution in [0.25, 0.3) is 0 Å². The van der Waals surface area contributed by atoms with E-state index in [2.05, 4.69) is 15.9 Å². The second-order valence-corrected chi connectivity index (χ2v) is 4.38. The predicted molar refractivity (Wildman–Crippen MR) is 60.1 cm³/mol. The van der Waals surface area contributed by atoms with Crippen molar-refractivity contribution >= 4 is 21.9 Å². The molecule has 2 atom stereocenters. The normalized spacial score (nSPS) is 24.6. The third-order valence-electron chi connectivity index (χ3n) is 2.37. The van der Waals surface area contributed by atoms with Crippen molar-refractivity contribution in [3.05, 3.63) is 34.3 Å². The first-order valence-corrected chi connectivity index (χ1v) is 5.69. The lowest BCUT2D eigenvalue weighted by Gasteiger charge is -2.10. The Morgan fingerprint density at radius 3 is 2.88 bits per heavy atom. The van der Waals surface area contributed by atoms with Crippen LogP contribution in [0.15, 0.2) is 28.7 Å². The first-order chi connectivity index (χ1) is 7.66. The Hall–Kier alpha value is -0.910. The lowest BCUT2D eigenvalue weighted by atomic mass is 10.1. The summed E-state index contributed by atoms with van der Waals surface area (Å²) in [6.45, 7) is 0.116. The van der Waals surface area contributed by atoms with Gasteiger partial charge in [-0.3, -0.25) is 0 Å². The maximum atomic E-state index is 10.7. The van der Waals surface area contributed by atoms with E-state index in [4.69, 9.17) is 14.6 Å². The van der Waals surface area contributed by atoms with Crippen molar-refractivity contribution in [3.63, 3.8) is 0 Å². The summed E-state index contributed by atoms with van der Waals surface area (Å²) in [6, 6.07) is 7.72. The van der Waals surface area contributed by atoms with Crippen LogP contribution in [0.3, 0.4) is 0 Å². The summed E-state index contributed by atoms with van der Waals surface area (Å²) in [6.07, 6.45) is -0.766. The van der Waals surface area contributed by atoms with Gasteiger partial charge >= 0.3 is 5.97 Å². The molecule has 1 aromatic rings. The summed E-state index contributed by atoms with van der Waals surface area (Å²) in [5, 5.41) is 8.74. The number of carbonyl (C=O) groups is 1. The van der Waals surface area contributed by atoms with Crippen LogP contribution >= 0.6 is 15.9 Å². The van der Waals surface area contributed by atoms with Crippen LogP contribution in [-0.2, 0) is 20.7 Å². The average molecular weight is 287 g/mol. The highest BCUT2D eigenvalue weighted by Crippen LogP contribution is 2.22. The number of carboxylic acid groups (broad SMARTS) is 1. The van der Waals surface area contributed by atoms with E-state index < -0.39 is 18.4 Å². The molecule has 2 rings (SSSR count). The number of halogens is 1. The number of rotatable bonds is 3. The van der Waals surface area contributed by atoms with Crippen LogP contribution in [0, 0.1) is 0 Å². The van der Waals surface area contributed by atoms with Gasteiger partial charge in [-0.05, 0) is 11.6 Å². The molecule has 0 aromatic heterocycles. The molecule has 86 valence electrons. The number of hydrogen-bond acceptors (Lipinski definition) is 3. The van der Waals surface area contributed by atoms with Crippen LogP contribution < -0.4 is 0 Å². The lowest BCUT2D eigenvalue weighted by Crippen LogP contribution is -2.23. The first kappa shape index (κ1) is 11.6. The third kappa shape index (κ3) is 2.61. The number of aliphatic carboxylic acids is 1. The van der Waals surface area contributed by atoms with Gasteiger partial charge in [-0.25, -0.2) is 4.79 Å². The Bertz CT molecular complexity index is 393. The predicted octanol–water partition coefficient (Wildman–Crippen LogP) is 1.82. The number of benzene rings is 1. The van der Waals surface area contributed by atoms with Crippen molar-refractivity contribution in [1.29, 1.82) is 0 Å². The van der Waals surface area contributed by atoms with Crippen molar-refractivity contribution in [2.75, 3.05) is 6.61 Å². The minimum atomic E-state index is -0.977. The van der Waals surface area contributed by atoms with E-state index in [0.717, 1.165) is 10.0 Å². The molecule has 0 spiro atoms. The fraction of sp³-hybridized carbons (Fsp3) is 0.364. The molecule has 2 unspecified atom stereocenters. The molecule has 1 aliphatic heterocycles. The molecule has 5 heteroatoms. The van der Waals surface area contributed by atoms with E-state index in [1.807, 2.05) is 24.3 Å². The summed E-state index contributed by atoms with van der Waals surface area (Å²) in [4.78, 5) is 10.7. The molecule has 1 heterocycles. The molecule has 1 saturated heterocycles. The van der Waals surface area contributed by atoms with E-state index in [0.29, 0.717) is 6.42 Å². The molecule has 1 N–H and O–H groups in total. The van der Waals surface area contributed by atoms with Crippen molar-refractivity contribution in [3.8, 4) is 0 Å². The van der Waals surface area contributed by atoms with Gasteiger partial charge in [-0.1, -0.05) is 34.1 Å². The Morgan fingerprint density at radius 2 is 2.25 bits per heavy atom. The minimum Gasteiger partial charge on any atom is -0.479 e. The van der Waals surface area contributed by atoms with E-state index in [9.17, 15) is 4.79 Å². The zero-order valence-corrected chi connectivity index (χ0v) is 10.0. The fourth-order valence-electron chi connectivity index (χ4n) is 1.54.